The molecule has 0 amide bonds. The van der Waals surface area contributed by atoms with Crippen LogP contribution in [-0.2, 0) is 6.54 Å². The third kappa shape index (κ3) is 5.53. The van der Waals surface area contributed by atoms with E-state index in [1.807, 2.05) is 12.1 Å². The van der Waals surface area contributed by atoms with Crippen LogP contribution >= 0.6 is 11.6 Å². The molecule has 0 aliphatic heterocycles. The summed E-state index contributed by atoms with van der Waals surface area (Å²) in [5, 5.41) is 16.6. The average molecular weight is 429 g/mol. The maximum absolute atomic E-state index is 14.4. The smallest absolute Gasteiger partial charge is 0.132 e. The first-order chi connectivity index (χ1) is 14.3. The number of benzene rings is 1. The molecule has 0 saturated heterocycles. The Balaban J connectivity index is 1.96. The van der Waals surface area contributed by atoms with Crippen LogP contribution in [0.3, 0.4) is 0 Å². The van der Waals surface area contributed by atoms with Gasteiger partial charge < -0.3 is 15.7 Å². The molecule has 0 saturated carbocycles. The zero-order valence-electron chi connectivity index (χ0n) is 17.3. The second-order valence-corrected chi connectivity index (χ2v) is 8.01. The van der Waals surface area contributed by atoms with Gasteiger partial charge in [-0.3, -0.25) is 9.97 Å². The van der Waals surface area contributed by atoms with Crippen molar-refractivity contribution in [1.29, 1.82) is 0 Å². The van der Waals surface area contributed by atoms with Crippen LogP contribution in [0.15, 0.2) is 48.9 Å². The zero-order chi connectivity index (χ0) is 21.7. The molecular weight excluding hydrogens is 403 g/mol. The van der Waals surface area contributed by atoms with E-state index in [4.69, 9.17) is 11.6 Å². The van der Waals surface area contributed by atoms with Crippen LogP contribution in [0.2, 0.25) is 5.02 Å². The van der Waals surface area contributed by atoms with Crippen LogP contribution in [0.4, 0.5) is 15.8 Å². The Morgan fingerprint density at radius 3 is 2.63 bits per heavy atom. The highest BCUT2D eigenvalue weighted by molar-refractivity contribution is 6.30. The lowest BCUT2D eigenvalue weighted by molar-refractivity contribution is 0.191. The van der Waals surface area contributed by atoms with Crippen molar-refractivity contribution in [2.24, 2.45) is 0 Å². The van der Waals surface area contributed by atoms with Gasteiger partial charge in [0.2, 0.25) is 0 Å². The Bertz CT molecular complexity index is 1010. The van der Waals surface area contributed by atoms with Crippen LogP contribution in [0.1, 0.15) is 37.8 Å². The molecule has 0 bridgehead atoms. The van der Waals surface area contributed by atoms with Gasteiger partial charge in [-0.2, -0.15) is 0 Å². The Hall–Kier alpha value is -2.54. The van der Waals surface area contributed by atoms with E-state index in [1.54, 1.807) is 31.6 Å². The number of aliphatic hydroxyl groups excluding tert-OH is 1. The van der Waals surface area contributed by atoms with Gasteiger partial charge in [0.1, 0.15) is 5.82 Å². The SMILES string of the molecule is CC(C)c1cnc(-c2cc(Cl)ccc2F)cc1Nc1ccncc1CNC[C@H](C)O. The van der Waals surface area contributed by atoms with E-state index in [0.717, 1.165) is 22.5 Å². The van der Waals surface area contributed by atoms with E-state index >= 15 is 0 Å². The standard InChI is InChI=1S/C23H26ClFN4O/c1-14(2)19-13-28-22(18-8-17(24)4-5-20(18)25)9-23(19)29-21-6-7-26-11-16(21)12-27-10-15(3)30/h4-9,11,13-15,27,30H,10,12H2,1-3H3,(H,26,28,29)/t15-/m0/s1. The minimum Gasteiger partial charge on any atom is -0.392 e. The van der Waals surface area contributed by atoms with Crippen LogP contribution in [0.5, 0.6) is 0 Å². The lowest BCUT2D eigenvalue weighted by Crippen LogP contribution is -2.24. The van der Waals surface area contributed by atoms with Crippen molar-refractivity contribution in [3.05, 3.63) is 70.9 Å². The fraction of sp³-hybridized carbons (Fsp3) is 0.304. The fourth-order valence-corrected chi connectivity index (χ4v) is 3.30. The second-order valence-electron chi connectivity index (χ2n) is 7.57. The highest BCUT2D eigenvalue weighted by Gasteiger charge is 2.14. The molecule has 158 valence electrons. The summed E-state index contributed by atoms with van der Waals surface area (Å²) in [6.45, 7) is 6.94. The predicted octanol–water partition coefficient (Wildman–Crippen LogP) is 5.27. The minimum absolute atomic E-state index is 0.219. The van der Waals surface area contributed by atoms with Crippen LogP contribution < -0.4 is 10.6 Å². The maximum Gasteiger partial charge on any atom is 0.132 e. The number of hydrogen-bond donors (Lipinski definition) is 3. The Labute approximate surface area is 181 Å². The first-order valence-corrected chi connectivity index (χ1v) is 10.3. The average Bonchev–Trinajstić information content (AvgIpc) is 2.70. The topological polar surface area (TPSA) is 70.1 Å². The van der Waals surface area contributed by atoms with Crippen molar-refractivity contribution in [3.63, 3.8) is 0 Å². The summed E-state index contributed by atoms with van der Waals surface area (Å²) in [6, 6.07) is 8.18. The van der Waals surface area contributed by atoms with E-state index in [2.05, 4.69) is 34.4 Å². The lowest BCUT2D eigenvalue weighted by Gasteiger charge is -2.18. The Morgan fingerprint density at radius 2 is 1.90 bits per heavy atom. The number of nitrogens with one attached hydrogen (secondary N) is 2. The van der Waals surface area contributed by atoms with Crippen LogP contribution in [-0.4, -0.2) is 27.7 Å². The minimum atomic E-state index is -0.430. The summed E-state index contributed by atoms with van der Waals surface area (Å²) in [5.41, 5.74) is 4.56. The fourth-order valence-electron chi connectivity index (χ4n) is 3.13. The molecule has 1 aromatic carbocycles. The highest BCUT2D eigenvalue weighted by Crippen LogP contribution is 2.33. The molecule has 7 heteroatoms. The summed E-state index contributed by atoms with van der Waals surface area (Å²) in [7, 11) is 0. The van der Waals surface area contributed by atoms with Crippen molar-refractivity contribution in [2.75, 3.05) is 11.9 Å². The summed E-state index contributed by atoms with van der Waals surface area (Å²) >= 11 is 6.07. The van der Waals surface area contributed by atoms with E-state index in [9.17, 15) is 9.50 Å². The number of anilines is 2. The van der Waals surface area contributed by atoms with Gasteiger partial charge >= 0.3 is 0 Å². The lowest BCUT2D eigenvalue weighted by atomic mass is 10.0. The molecule has 0 fully saturated rings. The predicted molar refractivity (Wildman–Crippen MR) is 120 cm³/mol. The highest BCUT2D eigenvalue weighted by atomic mass is 35.5. The number of halogens is 2. The van der Waals surface area contributed by atoms with Gasteiger partial charge in [-0.1, -0.05) is 25.4 Å². The van der Waals surface area contributed by atoms with Gasteiger partial charge in [-0.15, -0.1) is 0 Å². The van der Waals surface area contributed by atoms with E-state index < -0.39 is 6.10 Å². The molecule has 0 radical (unpaired) electrons. The third-order valence-electron chi connectivity index (χ3n) is 4.69. The maximum atomic E-state index is 14.4. The van der Waals surface area contributed by atoms with Crippen molar-refractivity contribution >= 4 is 23.0 Å². The second kappa shape index (κ2) is 9.98. The zero-order valence-corrected chi connectivity index (χ0v) is 18.0. The molecule has 2 aromatic heterocycles. The molecule has 30 heavy (non-hydrogen) atoms. The Kier molecular flexibility index (Phi) is 7.37. The van der Waals surface area contributed by atoms with Gasteiger partial charge in [0.25, 0.3) is 0 Å². The molecule has 3 N–H and O–H groups in total. The number of aromatic nitrogens is 2. The number of pyridine rings is 2. The van der Waals surface area contributed by atoms with E-state index in [-0.39, 0.29) is 11.7 Å². The quantitative estimate of drug-likeness (QED) is 0.455. The normalized spacial score (nSPS) is 12.2. The molecular formula is C23H26ClFN4O. The molecule has 3 aromatic rings. The molecule has 0 spiro atoms. The molecule has 1 atom stereocenters. The molecule has 0 unspecified atom stereocenters. The van der Waals surface area contributed by atoms with Crippen molar-refractivity contribution in [1.82, 2.24) is 15.3 Å². The van der Waals surface area contributed by atoms with E-state index in [0.29, 0.717) is 29.4 Å². The van der Waals surface area contributed by atoms with Gasteiger partial charge in [0.15, 0.2) is 0 Å². The third-order valence-corrected chi connectivity index (χ3v) is 4.92. The number of rotatable bonds is 8. The number of nitrogens with zero attached hydrogens (tertiary/aromatic N) is 2. The summed E-state index contributed by atoms with van der Waals surface area (Å²) < 4.78 is 14.4. The van der Waals surface area contributed by atoms with Gasteiger partial charge in [-0.05, 0) is 48.7 Å². The van der Waals surface area contributed by atoms with Gasteiger partial charge in [0, 0.05) is 59.2 Å². The molecule has 5 nitrogen and oxygen atoms in total. The summed E-state index contributed by atoms with van der Waals surface area (Å²) in [6.07, 6.45) is 4.84. The van der Waals surface area contributed by atoms with Gasteiger partial charge in [-0.25, -0.2) is 4.39 Å². The monoisotopic (exact) mass is 428 g/mol. The largest absolute Gasteiger partial charge is 0.392 e. The van der Waals surface area contributed by atoms with Crippen LogP contribution in [0, 0.1) is 5.82 Å². The summed E-state index contributed by atoms with van der Waals surface area (Å²) in [4.78, 5) is 8.68. The first-order valence-electron chi connectivity index (χ1n) is 9.89. The molecule has 0 aliphatic carbocycles. The van der Waals surface area contributed by atoms with Crippen LogP contribution in [0.25, 0.3) is 11.3 Å². The van der Waals surface area contributed by atoms with Gasteiger partial charge in [0.05, 0.1) is 11.8 Å². The Morgan fingerprint density at radius 1 is 1.10 bits per heavy atom. The first kappa shape index (κ1) is 22.2. The van der Waals surface area contributed by atoms with Crippen molar-refractivity contribution in [2.45, 2.75) is 39.3 Å². The van der Waals surface area contributed by atoms with E-state index in [1.165, 1.54) is 12.1 Å². The number of aliphatic hydroxyl groups is 1. The number of hydrogen-bond acceptors (Lipinski definition) is 5. The molecule has 0 aliphatic rings. The molecule has 2 heterocycles. The van der Waals surface area contributed by atoms with Crippen molar-refractivity contribution in [3.8, 4) is 11.3 Å². The summed E-state index contributed by atoms with van der Waals surface area (Å²) in [5.74, 6) is -0.154. The van der Waals surface area contributed by atoms with Crippen molar-refractivity contribution < 1.29 is 9.50 Å². The molecule has 3 rings (SSSR count).